The smallest absolute Gasteiger partial charge is 0.140 e. The van der Waals surface area contributed by atoms with Crippen LogP contribution in [0.4, 0.5) is 0 Å². The predicted octanol–water partition coefficient (Wildman–Crippen LogP) is 13.0. The van der Waals surface area contributed by atoms with E-state index < -0.39 is 0 Å². The molecule has 0 N–H and O–H groups in total. The van der Waals surface area contributed by atoms with Gasteiger partial charge in [-0.15, -0.1) is 0 Å². The minimum atomic E-state index is 0.177. The van der Waals surface area contributed by atoms with Crippen molar-refractivity contribution in [3.05, 3.63) is 0 Å². The molecule has 0 rings (SSSR count). The molecule has 0 aliphatic rings. The van der Waals surface area contributed by atoms with E-state index >= 15 is 0 Å². The summed E-state index contributed by atoms with van der Waals surface area (Å²) in [4.78, 5) is 24.3. The van der Waals surface area contributed by atoms with Crippen molar-refractivity contribution in [3.8, 4) is 0 Å². The molecule has 0 fully saturated rings. The molecule has 2 nitrogen and oxygen atoms in total. The van der Waals surface area contributed by atoms with Crippen molar-refractivity contribution in [3.63, 3.8) is 0 Å². The van der Waals surface area contributed by atoms with Gasteiger partial charge in [0.15, 0.2) is 0 Å². The monoisotopic (exact) mass is 549 g/mol. The first-order valence-electron chi connectivity index (χ1n) is 18.2. The zero-order valence-corrected chi connectivity index (χ0v) is 27.2. The van der Waals surface area contributed by atoms with Crippen LogP contribution >= 0.6 is 0 Å². The fourth-order valence-corrected chi connectivity index (χ4v) is 5.78. The van der Waals surface area contributed by atoms with Crippen molar-refractivity contribution in [1.29, 1.82) is 0 Å². The number of carbonyl (C=O) groups excluding carboxylic acids is 2. The van der Waals surface area contributed by atoms with Crippen LogP contribution in [-0.2, 0) is 9.59 Å². The summed E-state index contributed by atoms with van der Waals surface area (Å²) in [5.74, 6) is 0.353. The Labute approximate surface area is 246 Å². The largest absolute Gasteiger partial charge is 0.299 e. The Morgan fingerprint density at radius 3 is 0.667 bits per heavy atom. The molecule has 2 heteroatoms. The minimum absolute atomic E-state index is 0.177. The van der Waals surface area contributed by atoms with E-state index in [0.29, 0.717) is 12.8 Å². The van der Waals surface area contributed by atoms with Gasteiger partial charge >= 0.3 is 0 Å². The van der Waals surface area contributed by atoms with Gasteiger partial charge in [-0.1, -0.05) is 194 Å². The summed E-state index contributed by atoms with van der Waals surface area (Å²) in [6.45, 7) is 4.57. The second-order valence-corrected chi connectivity index (χ2v) is 12.7. The number of rotatable bonds is 34. The normalized spacial score (nSPS) is 11.3. The van der Waals surface area contributed by atoms with Gasteiger partial charge in [0.1, 0.15) is 11.6 Å². The second-order valence-electron chi connectivity index (χ2n) is 12.7. The Bertz CT molecular complexity index is 454. The minimum Gasteiger partial charge on any atom is -0.299 e. The van der Waals surface area contributed by atoms with Crippen LogP contribution in [0.5, 0.6) is 0 Å². The second kappa shape index (κ2) is 33.5. The maximum Gasteiger partial charge on any atom is 0.140 e. The van der Waals surface area contributed by atoms with Crippen molar-refractivity contribution >= 4 is 11.6 Å². The summed E-state index contributed by atoms with van der Waals surface area (Å²) in [6, 6.07) is 0. The molecular formula is C37H72O2. The van der Waals surface area contributed by atoms with Gasteiger partial charge in [-0.25, -0.2) is 0 Å². The number of Topliss-reactive ketones (excluding diaryl/α,β-unsaturated/α-hetero) is 2. The molecule has 0 saturated carbocycles. The molecule has 0 heterocycles. The number of carbonyl (C=O) groups is 2. The molecule has 0 spiro atoms. The van der Waals surface area contributed by atoms with Crippen LogP contribution in [0.25, 0.3) is 0 Å². The lowest BCUT2D eigenvalue weighted by molar-refractivity contribution is -0.127. The first kappa shape index (κ1) is 38.3. The molecule has 0 radical (unpaired) electrons. The van der Waals surface area contributed by atoms with E-state index in [0.717, 1.165) is 25.7 Å². The van der Waals surface area contributed by atoms with E-state index in [4.69, 9.17) is 0 Å². The van der Waals surface area contributed by atoms with Gasteiger partial charge in [-0.3, -0.25) is 9.59 Å². The molecule has 232 valence electrons. The SMILES string of the molecule is CCCCCCCCCCCCCCCCCC(=O)CC(=O)CCCCCCCCCCCCCCCCC. The van der Waals surface area contributed by atoms with Gasteiger partial charge < -0.3 is 0 Å². The summed E-state index contributed by atoms with van der Waals surface area (Å²) in [5.41, 5.74) is 0. The molecule has 0 aliphatic carbocycles. The Kier molecular flexibility index (Phi) is 33.0. The van der Waals surface area contributed by atoms with Gasteiger partial charge in [0.2, 0.25) is 0 Å². The Morgan fingerprint density at radius 1 is 0.282 bits per heavy atom. The summed E-state index contributed by atoms with van der Waals surface area (Å²) >= 11 is 0. The summed E-state index contributed by atoms with van der Waals surface area (Å²) in [6.07, 6.45) is 41.7. The quantitative estimate of drug-likeness (QED) is 0.0592. The maximum atomic E-state index is 12.1. The Balaban J connectivity index is 3.27. The fourth-order valence-electron chi connectivity index (χ4n) is 5.78. The van der Waals surface area contributed by atoms with Gasteiger partial charge in [0.25, 0.3) is 0 Å². The molecule has 0 aromatic rings. The van der Waals surface area contributed by atoms with Crippen LogP contribution in [0, 0.1) is 0 Å². The lowest BCUT2D eigenvalue weighted by atomic mass is 10.0. The zero-order chi connectivity index (χ0) is 28.5. The third-order valence-electron chi connectivity index (χ3n) is 8.51. The van der Waals surface area contributed by atoms with Gasteiger partial charge in [-0.2, -0.15) is 0 Å². The average Bonchev–Trinajstić information content (AvgIpc) is 2.93. The molecule has 0 unspecified atom stereocenters. The molecule has 0 aromatic carbocycles. The van der Waals surface area contributed by atoms with Gasteiger partial charge in [-0.05, 0) is 12.8 Å². The van der Waals surface area contributed by atoms with Crippen molar-refractivity contribution in [2.45, 2.75) is 226 Å². The van der Waals surface area contributed by atoms with Crippen LogP contribution in [0.1, 0.15) is 226 Å². The summed E-state index contributed by atoms with van der Waals surface area (Å²) in [5, 5.41) is 0. The third kappa shape index (κ3) is 33.4. The standard InChI is InChI=1S/C37H72O2/c1-3-5-7-9-11-13-15-17-19-21-23-25-27-29-31-33-36(38)35-37(39)34-32-30-28-26-24-22-20-18-16-14-12-10-8-6-4-2/h3-35H2,1-2H3. The maximum absolute atomic E-state index is 12.1. The highest BCUT2D eigenvalue weighted by atomic mass is 16.1. The first-order chi connectivity index (χ1) is 19.2. The number of hydrogen-bond donors (Lipinski definition) is 0. The molecule has 0 aliphatic heterocycles. The highest BCUT2D eigenvalue weighted by molar-refractivity contribution is 5.98. The van der Waals surface area contributed by atoms with E-state index in [1.165, 1.54) is 167 Å². The average molecular weight is 549 g/mol. The van der Waals surface area contributed by atoms with Crippen molar-refractivity contribution in [2.24, 2.45) is 0 Å². The first-order valence-corrected chi connectivity index (χ1v) is 18.2. The summed E-state index contributed by atoms with van der Waals surface area (Å²) < 4.78 is 0. The molecule has 0 atom stereocenters. The van der Waals surface area contributed by atoms with E-state index in [9.17, 15) is 9.59 Å². The van der Waals surface area contributed by atoms with E-state index in [1.807, 2.05) is 0 Å². The fraction of sp³-hybridized carbons (Fsp3) is 0.946. The highest BCUT2D eigenvalue weighted by Crippen LogP contribution is 2.16. The predicted molar refractivity (Wildman–Crippen MR) is 174 cm³/mol. The van der Waals surface area contributed by atoms with Crippen molar-refractivity contribution < 1.29 is 9.59 Å². The van der Waals surface area contributed by atoms with Crippen molar-refractivity contribution in [1.82, 2.24) is 0 Å². The van der Waals surface area contributed by atoms with Crippen molar-refractivity contribution in [2.75, 3.05) is 0 Å². The lowest BCUT2D eigenvalue weighted by Gasteiger charge is -2.04. The van der Waals surface area contributed by atoms with E-state index in [1.54, 1.807) is 0 Å². The Hall–Kier alpha value is -0.660. The Morgan fingerprint density at radius 2 is 0.462 bits per heavy atom. The molecule has 0 aromatic heterocycles. The van der Waals surface area contributed by atoms with Crippen LogP contribution in [0.3, 0.4) is 0 Å². The molecule has 0 bridgehead atoms. The van der Waals surface area contributed by atoms with E-state index in [-0.39, 0.29) is 18.0 Å². The van der Waals surface area contributed by atoms with Crippen LogP contribution in [0.2, 0.25) is 0 Å². The highest BCUT2D eigenvalue weighted by Gasteiger charge is 2.09. The molecular weight excluding hydrogens is 476 g/mol. The third-order valence-corrected chi connectivity index (χ3v) is 8.51. The lowest BCUT2D eigenvalue weighted by Crippen LogP contribution is -2.07. The number of ketones is 2. The molecule has 0 amide bonds. The molecule has 39 heavy (non-hydrogen) atoms. The topological polar surface area (TPSA) is 34.1 Å². The van der Waals surface area contributed by atoms with E-state index in [2.05, 4.69) is 13.8 Å². The van der Waals surface area contributed by atoms with Crippen LogP contribution in [0.15, 0.2) is 0 Å². The van der Waals surface area contributed by atoms with Gasteiger partial charge in [0, 0.05) is 12.8 Å². The van der Waals surface area contributed by atoms with Crippen LogP contribution in [-0.4, -0.2) is 11.6 Å². The van der Waals surface area contributed by atoms with Gasteiger partial charge in [0.05, 0.1) is 6.42 Å². The number of unbranched alkanes of at least 4 members (excludes halogenated alkanes) is 28. The van der Waals surface area contributed by atoms with Crippen LogP contribution < -0.4 is 0 Å². The number of hydrogen-bond acceptors (Lipinski definition) is 2. The summed E-state index contributed by atoms with van der Waals surface area (Å²) in [7, 11) is 0. The molecule has 0 saturated heterocycles. The zero-order valence-electron chi connectivity index (χ0n) is 27.2.